The molecule has 1 aliphatic rings. The maximum atomic E-state index is 11.6. The van der Waals surface area contributed by atoms with Crippen LogP contribution in [0.2, 0.25) is 0 Å². The average Bonchev–Trinajstić information content (AvgIpc) is 2.42. The Morgan fingerprint density at radius 1 is 1.44 bits per heavy atom. The lowest BCUT2D eigenvalue weighted by atomic mass is 10.1. The third-order valence-electron chi connectivity index (χ3n) is 2.47. The van der Waals surface area contributed by atoms with Crippen LogP contribution < -0.4 is 5.32 Å². The summed E-state index contributed by atoms with van der Waals surface area (Å²) in [4.78, 5) is 0. The summed E-state index contributed by atoms with van der Waals surface area (Å²) in [6.07, 6.45) is 0.738. The Balaban J connectivity index is 2.41. The van der Waals surface area contributed by atoms with Crippen molar-refractivity contribution in [3.05, 3.63) is 12.2 Å². The lowest BCUT2D eigenvalue weighted by molar-refractivity contribution is 0.426. The van der Waals surface area contributed by atoms with Gasteiger partial charge in [0.2, 0.25) is 10.0 Å². The van der Waals surface area contributed by atoms with Gasteiger partial charge >= 0.3 is 0 Å². The molecule has 0 atom stereocenters. The summed E-state index contributed by atoms with van der Waals surface area (Å²) >= 11 is 0. The van der Waals surface area contributed by atoms with Crippen molar-refractivity contribution < 1.29 is 8.42 Å². The number of rotatable bonds is 4. The van der Waals surface area contributed by atoms with E-state index in [4.69, 9.17) is 0 Å². The van der Waals surface area contributed by atoms with Crippen LogP contribution in [0, 0.1) is 0 Å². The molecule has 0 amide bonds. The first kappa shape index (κ1) is 13.7. The fourth-order valence-electron chi connectivity index (χ4n) is 1.56. The van der Waals surface area contributed by atoms with E-state index in [-0.39, 0.29) is 11.3 Å². The second kappa shape index (κ2) is 4.85. The van der Waals surface area contributed by atoms with Crippen LogP contribution in [-0.4, -0.2) is 43.6 Å². The molecule has 0 aromatic carbocycles. The minimum atomic E-state index is -2.99. The second-order valence-electron chi connectivity index (χ2n) is 5.36. The molecule has 1 rings (SSSR count). The minimum Gasteiger partial charge on any atom is -0.308 e. The summed E-state index contributed by atoms with van der Waals surface area (Å²) in [7, 11) is -2.99. The lowest BCUT2D eigenvalue weighted by Crippen LogP contribution is -2.39. The van der Waals surface area contributed by atoms with E-state index < -0.39 is 10.0 Å². The Labute approximate surface area is 98.8 Å². The molecule has 0 spiro atoms. The Morgan fingerprint density at radius 2 is 2.06 bits per heavy atom. The monoisotopic (exact) mass is 246 g/mol. The van der Waals surface area contributed by atoms with Gasteiger partial charge in [0.1, 0.15) is 0 Å². The molecular formula is C11H22N2O2S. The first-order valence-corrected chi connectivity index (χ1v) is 7.21. The Morgan fingerprint density at radius 3 is 2.50 bits per heavy atom. The Hall–Kier alpha value is -0.390. The first-order valence-electron chi connectivity index (χ1n) is 5.60. The van der Waals surface area contributed by atoms with E-state index in [0.717, 1.165) is 12.0 Å². The highest BCUT2D eigenvalue weighted by Gasteiger charge is 2.28. The molecule has 94 valence electrons. The van der Waals surface area contributed by atoms with Crippen LogP contribution in [0.15, 0.2) is 12.2 Å². The molecule has 16 heavy (non-hydrogen) atoms. The molecule has 1 fully saturated rings. The standard InChI is InChI=1S/C11H22N2O2S/c1-10(8-12-11(2,3)4)9-13-6-5-7-16(13,14)15/h12H,1,5-9H2,2-4H3. The van der Waals surface area contributed by atoms with Gasteiger partial charge in [0.05, 0.1) is 5.75 Å². The van der Waals surface area contributed by atoms with Gasteiger partial charge in [-0.05, 0) is 32.8 Å². The fraction of sp³-hybridized carbons (Fsp3) is 0.818. The van der Waals surface area contributed by atoms with Gasteiger partial charge in [0.15, 0.2) is 0 Å². The van der Waals surface area contributed by atoms with E-state index in [2.05, 4.69) is 32.7 Å². The SMILES string of the molecule is C=C(CNC(C)(C)C)CN1CCCS1(=O)=O. The van der Waals surface area contributed by atoms with E-state index in [9.17, 15) is 8.42 Å². The van der Waals surface area contributed by atoms with Crippen LogP contribution in [-0.2, 0) is 10.0 Å². The number of nitrogens with one attached hydrogen (secondary N) is 1. The van der Waals surface area contributed by atoms with Crippen LogP contribution in [0.25, 0.3) is 0 Å². The van der Waals surface area contributed by atoms with Crippen molar-refractivity contribution in [2.75, 3.05) is 25.4 Å². The zero-order chi connectivity index (χ0) is 12.4. The summed E-state index contributed by atoms with van der Waals surface area (Å²) < 4.78 is 24.7. The highest BCUT2D eigenvalue weighted by Crippen LogP contribution is 2.14. The van der Waals surface area contributed by atoms with Gasteiger partial charge in [-0.2, -0.15) is 4.31 Å². The number of nitrogens with zero attached hydrogens (tertiary/aromatic N) is 1. The predicted octanol–water partition coefficient (Wildman–Crippen LogP) is 0.966. The lowest BCUT2D eigenvalue weighted by Gasteiger charge is -2.23. The molecule has 1 saturated heterocycles. The molecule has 4 nitrogen and oxygen atoms in total. The van der Waals surface area contributed by atoms with E-state index >= 15 is 0 Å². The number of sulfonamides is 1. The molecule has 1 heterocycles. The largest absolute Gasteiger partial charge is 0.308 e. The summed E-state index contributed by atoms with van der Waals surface area (Å²) in [5.41, 5.74) is 0.952. The van der Waals surface area contributed by atoms with Crippen molar-refractivity contribution in [3.8, 4) is 0 Å². The van der Waals surface area contributed by atoms with Crippen molar-refractivity contribution in [3.63, 3.8) is 0 Å². The molecule has 1 aliphatic heterocycles. The van der Waals surface area contributed by atoms with Gasteiger partial charge < -0.3 is 5.32 Å². The maximum absolute atomic E-state index is 11.6. The molecule has 0 aliphatic carbocycles. The Kier molecular flexibility index (Phi) is 4.15. The van der Waals surface area contributed by atoms with Crippen molar-refractivity contribution in [2.45, 2.75) is 32.7 Å². The molecule has 5 heteroatoms. The van der Waals surface area contributed by atoms with Crippen LogP contribution in [0.5, 0.6) is 0 Å². The van der Waals surface area contributed by atoms with Gasteiger partial charge in [-0.1, -0.05) is 6.58 Å². The topological polar surface area (TPSA) is 49.4 Å². The third kappa shape index (κ3) is 4.23. The highest BCUT2D eigenvalue weighted by atomic mass is 32.2. The van der Waals surface area contributed by atoms with Crippen LogP contribution in [0.1, 0.15) is 27.2 Å². The summed E-state index contributed by atoms with van der Waals surface area (Å²) in [5.74, 6) is 0.285. The summed E-state index contributed by atoms with van der Waals surface area (Å²) in [6, 6.07) is 0. The fourth-order valence-corrected chi connectivity index (χ4v) is 3.10. The quantitative estimate of drug-likeness (QED) is 0.752. The molecule has 0 aromatic rings. The van der Waals surface area contributed by atoms with Crippen molar-refractivity contribution in [1.82, 2.24) is 9.62 Å². The Bertz CT molecular complexity index is 355. The predicted molar refractivity (Wildman–Crippen MR) is 66.9 cm³/mol. The smallest absolute Gasteiger partial charge is 0.214 e. The van der Waals surface area contributed by atoms with Crippen molar-refractivity contribution in [1.29, 1.82) is 0 Å². The molecule has 0 radical (unpaired) electrons. The molecule has 0 aromatic heterocycles. The van der Waals surface area contributed by atoms with Crippen molar-refractivity contribution in [2.24, 2.45) is 0 Å². The third-order valence-corrected chi connectivity index (χ3v) is 4.37. The normalized spacial score (nSPS) is 21.2. The zero-order valence-corrected chi connectivity index (χ0v) is 11.2. The van der Waals surface area contributed by atoms with E-state index in [1.54, 1.807) is 0 Å². The maximum Gasteiger partial charge on any atom is 0.214 e. The van der Waals surface area contributed by atoms with Gasteiger partial charge in [0.25, 0.3) is 0 Å². The van der Waals surface area contributed by atoms with E-state index in [1.165, 1.54) is 4.31 Å². The molecule has 0 saturated carbocycles. The van der Waals surface area contributed by atoms with Crippen LogP contribution in [0.3, 0.4) is 0 Å². The van der Waals surface area contributed by atoms with Crippen LogP contribution in [0.4, 0.5) is 0 Å². The molecular weight excluding hydrogens is 224 g/mol. The van der Waals surface area contributed by atoms with Gasteiger partial charge in [-0.15, -0.1) is 0 Å². The van der Waals surface area contributed by atoms with Gasteiger partial charge in [-0.3, -0.25) is 0 Å². The zero-order valence-electron chi connectivity index (χ0n) is 10.4. The molecule has 1 N–H and O–H groups in total. The van der Waals surface area contributed by atoms with Gasteiger partial charge in [0, 0.05) is 25.2 Å². The second-order valence-corrected chi connectivity index (χ2v) is 7.45. The highest BCUT2D eigenvalue weighted by molar-refractivity contribution is 7.89. The summed E-state index contributed by atoms with van der Waals surface area (Å²) in [5, 5.41) is 3.30. The number of hydrogen-bond acceptors (Lipinski definition) is 3. The van der Waals surface area contributed by atoms with Crippen molar-refractivity contribution >= 4 is 10.0 Å². The summed E-state index contributed by atoms with van der Waals surface area (Å²) in [6.45, 7) is 11.9. The van der Waals surface area contributed by atoms with Gasteiger partial charge in [-0.25, -0.2) is 8.42 Å². The number of hydrogen-bond donors (Lipinski definition) is 1. The molecule has 0 bridgehead atoms. The van der Waals surface area contributed by atoms with E-state index in [0.29, 0.717) is 19.6 Å². The van der Waals surface area contributed by atoms with Crippen LogP contribution >= 0.6 is 0 Å². The minimum absolute atomic E-state index is 0.0345. The molecule has 0 unspecified atom stereocenters. The van der Waals surface area contributed by atoms with E-state index in [1.807, 2.05) is 0 Å². The first-order chi connectivity index (χ1) is 7.21. The average molecular weight is 246 g/mol.